The van der Waals surface area contributed by atoms with Crippen molar-refractivity contribution in [1.82, 2.24) is 15.5 Å². The summed E-state index contributed by atoms with van der Waals surface area (Å²) in [5.74, 6) is -0.941. The van der Waals surface area contributed by atoms with Crippen molar-refractivity contribution in [3.05, 3.63) is 70.5 Å². The van der Waals surface area contributed by atoms with Crippen LogP contribution in [0.15, 0.2) is 42.5 Å². The quantitative estimate of drug-likeness (QED) is 0.360. The molecule has 2 fully saturated rings. The van der Waals surface area contributed by atoms with Crippen LogP contribution in [0.2, 0.25) is 0 Å². The first kappa shape index (κ1) is 31.8. The van der Waals surface area contributed by atoms with E-state index in [1.165, 1.54) is 19.1 Å². The fourth-order valence-corrected chi connectivity index (χ4v) is 6.35. The molecule has 1 aliphatic carbocycles. The Labute approximate surface area is 239 Å². The van der Waals surface area contributed by atoms with Gasteiger partial charge in [0.2, 0.25) is 11.8 Å². The van der Waals surface area contributed by atoms with Gasteiger partial charge in [-0.05, 0) is 100.0 Å². The van der Waals surface area contributed by atoms with Gasteiger partial charge in [0.05, 0.1) is 16.5 Å². The molecule has 0 bridgehead atoms. The lowest BCUT2D eigenvalue weighted by Gasteiger charge is -2.58. The lowest BCUT2D eigenvalue weighted by atomic mass is 9.54. The molecule has 2 N–H and O–H groups in total. The fraction of sp³-hybridized carbons (Fsp3) is 0.533. The molecule has 0 unspecified atom stereocenters. The summed E-state index contributed by atoms with van der Waals surface area (Å²) in [4.78, 5) is 27.9. The molecule has 2 aliphatic rings. The number of halogens is 7. The Morgan fingerprint density at radius 2 is 1.43 bits per heavy atom. The third-order valence-electron chi connectivity index (χ3n) is 8.78. The molecule has 0 spiro atoms. The normalized spacial score (nSPS) is 22.4. The molecule has 2 aromatic carbocycles. The Balaban J connectivity index is 1.48. The Morgan fingerprint density at radius 3 is 1.90 bits per heavy atom. The average molecular weight is 602 g/mol. The predicted molar refractivity (Wildman–Crippen MR) is 142 cm³/mol. The van der Waals surface area contributed by atoms with Crippen LogP contribution in [0.3, 0.4) is 0 Å². The van der Waals surface area contributed by atoms with Crippen molar-refractivity contribution >= 4 is 11.8 Å². The first-order valence-electron chi connectivity index (χ1n) is 13.8. The zero-order valence-electron chi connectivity index (χ0n) is 23.6. The number of likely N-dealkylation sites (tertiary alicyclic amines) is 1. The van der Waals surface area contributed by atoms with Crippen LogP contribution in [0.25, 0.3) is 0 Å². The van der Waals surface area contributed by atoms with Crippen LogP contribution in [0.1, 0.15) is 74.6 Å². The maximum Gasteiger partial charge on any atom is 0.416 e. The van der Waals surface area contributed by atoms with Crippen molar-refractivity contribution in [2.75, 3.05) is 13.1 Å². The molecule has 1 aliphatic heterocycles. The van der Waals surface area contributed by atoms with E-state index in [1.54, 1.807) is 26.0 Å². The van der Waals surface area contributed by atoms with E-state index in [2.05, 4.69) is 15.5 Å². The topological polar surface area (TPSA) is 61.4 Å². The highest BCUT2D eigenvalue weighted by atomic mass is 19.4. The summed E-state index contributed by atoms with van der Waals surface area (Å²) in [6.07, 6.45) is -7.62. The number of nitrogens with one attached hydrogen (secondary N) is 2. The second kappa shape index (κ2) is 11.5. The molecule has 0 aromatic heterocycles. The molecule has 1 heterocycles. The number of carbonyl (C=O) groups is 2. The van der Waals surface area contributed by atoms with E-state index < -0.39 is 46.9 Å². The van der Waals surface area contributed by atoms with E-state index in [0.717, 1.165) is 31.5 Å². The Kier molecular flexibility index (Phi) is 8.70. The number of hydrogen-bond acceptors (Lipinski definition) is 3. The van der Waals surface area contributed by atoms with Gasteiger partial charge in [0, 0.05) is 25.0 Å². The third kappa shape index (κ3) is 6.74. The van der Waals surface area contributed by atoms with Crippen molar-refractivity contribution in [1.29, 1.82) is 0 Å². The molecule has 12 heteroatoms. The molecule has 4 rings (SSSR count). The molecule has 5 nitrogen and oxygen atoms in total. The van der Waals surface area contributed by atoms with Gasteiger partial charge in [-0.25, -0.2) is 4.39 Å². The largest absolute Gasteiger partial charge is 0.416 e. The number of alkyl halides is 6. The summed E-state index contributed by atoms with van der Waals surface area (Å²) in [7, 11) is 0. The Morgan fingerprint density at radius 1 is 0.905 bits per heavy atom. The van der Waals surface area contributed by atoms with E-state index in [1.807, 2.05) is 0 Å². The molecular weight excluding hydrogens is 567 g/mol. The third-order valence-corrected chi connectivity index (χ3v) is 8.78. The van der Waals surface area contributed by atoms with Gasteiger partial charge in [-0.15, -0.1) is 0 Å². The van der Waals surface area contributed by atoms with E-state index >= 15 is 0 Å². The highest BCUT2D eigenvalue weighted by Gasteiger charge is 2.60. The minimum Gasteiger partial charge on any atom is -0.351 e. The van der Waals surface area contributed by atoms with Crippen molar-refractivity contribution < 1.29 is 40.3 Å². The fourth-order valence-electron chi connectivity index (χ4n) is 6.35. The lowest BCUT2D eigenvalue weighted by Crippen LogP contribution is -2.70. The summed E-state index contributed by atoms with van der Waals surface area (Å²) < 4.78 is 93.2. The van der Waals surface area contributed by atoms with Gasteiger partial charge in [-0.2, -0.15) is 26.3 Å². The second-order valence-corrected chi connectivity index (χ2v) is 11.9. The minimum absolute atomic E-state index is 0.00309. The van der Waals surface area contributed by atoms with Gasteiger partial charge in [-0.1, -0.05) is 12.1 Å². The van der Waals surface area contributed by atoms with Gasteiger partial charge in [0.25, 0.3) is 0 Å². The number of amides is 2. The highest BCUT2D eigenvalue weighted by molar-refractivity contribution is 5.87. The van der Waals surface area contributed by atoms with Crippen LogP contribution in [-0.4, -0.2) is 41.4 Å². The summed E-state index contributed by atoms with van der Waals surface area (Å²) >= 11 is 0. The maximum atomic E-state index is 13.6. The summed E-state index contributed by atoms with van der Waals surface area (Å²) in [6, 6.07) is 7.68. The number of carbonyl (C=O) groups excluding carboxylic acids is 2. The number of rotatable bonds is 7. The highest BCUT2D eigenvalue weighted by Crippen LogP contribution is 2.52. The van der Waals surface area contributed by atoms with Crippen molar-refractivity contribution in [3.8, 4) is 0 Å². The van der Waals surface area contributed by atoms with Crippen molar-refractivity contribution in [2.24, 2.45) is 5.41 Å². The predicted octanol–water partition coefficient (Wildman–Crippen LogP) is 6.42. The molecule has 2 amide bonds. The zero-order chi connectivity index (χ0) is 31.1. The summed E-state index contributed by atoms with van der Waals surface area (Å²) in [6.45, 7) is 5.64. The van der Waals surface area contributed by atoms with Crippen LogP contribution in [0, 0.1) is 11.2 Å². The van der Waals surface area contributed by atoms with E-state index in [0.29, 0.717) is 25.0 Å². The lowest BCUT2D eigenvalue weighted by molar-refractivity contribution is -0.152. The number of piperidine rings is 1. The number of hydrogen-bond donors (Lipinski definition) is 2. The van der Waals surface area contributed by atoms with Gasteiger partial charge < -0.3 is 15.5 Å². The molecule has 2 aromatic rings. The van der Waals surface area contributed by atoms with Crippen LogP contribution in [-0.2, 0) is 28.5 Å². The minimum atomic E-state index is -5.00. The zero-order valence-corrected chi connectivity index (χ0v) is 23.6. The monoisotopic (exact) mass is 601 g/mol. The number of benzene rings is 2. The Bertz CT molecular complexity index is 1260. The Hall–Kier alpha value is -3.15. The molecular formula is C30H34F7N3O2. The van der Waals surface area contributed by atoms with Gasteiger partial charge in [0.15, 0.2) is 0 Å². The molecule has 42 heavy (non-hydrogen) atoms. The van der Waals surface area contributed by atoms with Crippen molar-refractivity contribution in [2.45, 2.75) is 82.9 Å². The smallest absolute Gasteiger partial charge is 0.351 e. The summed E-state index contributed by atoms with van der Waals surface area (Å²) in [5, 5.41) is 5.37. The van der Waals surface area contributed by atoms with Gasteiger partial charge in [-0.3, -0.25) is 9.59 Å². The van der Waals surface area contributed by atoms with Crippen LogP contribution < -0.4 is 10.6 Å². The van der Waals surface area contributed by atoms with E-state index in [-0.39, 0.29) is 35.3 Å². The van der Waals surface area contributed by atoms with Crippen LogP contribution >= 0.6 is 0 Å². The number of nitrogens with zero attached hydrogens (tertiary/aromatic N) is 1. The SMILES string of the molecule is CC(=O)NC(C)(C)C1(C(=O)NCc2cc(C(F)(F)F)cc(C(F)(F)F)c2)CC(N2CCC(c3ccc(F)cc3)CC2)C1. The van der Waals surface area contributed by atoms with Gasteiger partial charge >= 0.3 is 12.4 Å². The second-order valence-electron chi connectivity index (χ2n) is 11.9. The maximum absolute atomic E-state index is 13.6. The molecule has 0 radical (unpaired) electrons. The van der Waals surface area contributed by atoms with E-state index in [4.69, 9.17) is 0 Å². The van der Waals surface area contributed by atoms with Gasteiger partial charge in [0.1, 0.15) is 5.82 Å². The molecule has 230 valence electrons. The molecule has 1 saturated carbocycles. The van der Waals surface area contributed by atoms with Crippen LogP contribution in [0.4, 0.5) is 30.7 Å². The standard InChI is InChI=1S/C30H34F7N3O2/c1-18(41)39-27(2,3)28(15-25(16-28)40-10-8-21(9-11-40)20-4-6-24(31)7-5-20)26(42)38-17-19-12-22(29(32,33)34)14-23(13-19)30(35,36)37/h4-7,12-14,21,25H,8-11,15-17H2,1-3H3,(H,38,42)(H,39,41). The summed E-state index contributed by atoms with van der Waals surface area (Å²) in [5.41, 5.74) is -4.36. The van der Waals surface area contributed by atoms with Crippen molar-refractivity contribution in [3.63, 3.8) is 0 Å². The van der Waals surface area contributed by atoms with Crippen LogP contribution in [0.5, 0.6) is 0 Å². The first-order valence-corrected chi connectivity index (χ1v) is 13.8. The van der Waals surface area contributed by atoms with E-state index in [9.17, 15) is 40.3 Å². The molecule has 0 atom stereocenters. The first-order chi connectivity index (χ1) is 19.4. The average Bonchev–Trinajstić information content (AvgIpc) is 2.85. The molecule has 1 saturated heterocycles.